The molecule has 12 heavy (non-hydrogen) atoms. The highest BCUT2D eigenvalue weighted by Crippen LogP contribution is 2.35. The van der Waals surface area contributed by atoms with Gasteiger partial charge >= 0.3 is 5.97 Å². The molecule has 0 spiro atoms. The molecule has 0 saturated carbocycles. The van der Waals surface area contributed by atoms with Crippen LogP contribution < -0.4 is 9.47 Å². The fraction of sp³-hybridized carbons (Fsp3) is 0.286. The standard InChI is InChI=1S/C7H6O5/c8-7(9)6-5-4(3-12-6)10-1-2-11-5/h3H,1-2H2,(H,8,9). The van der Waals surface area contributed by atoms with Crippen LogP contribution in [0.4, 0.5) is 0 Å². The Labute approximate surface area is 67.5 Å². The summed E-state index contributed by atoms with van der Waals surface area (Å²) in [5.74, 6) is -0.807. The van der Waals surface area contributed by atoms with E-state index in [-0.39, 0.29) is 11.5 Å². The summed E-state index contributed by atoms with van der Waals surface area (Å²) in [6, 6.07) is 0. The molecule has 1 aromatic rings. The number of carboxylic acid groups (broad SMARTS) is 1. The molecule has 0 fully saturated rings. The van der Waals surface area contributed by atoms with Crippen molar-refractivity contribution in [2.24, 2.45) is 0 Å². The summed E-state index contributed by atoms with van der Waals surface area (Å²) in [4.78, 5) is 10.5. The van der Waals surface area contributed by atoms with Crippen LogP contribution in [0.5, 0.6) is 11.5 Å². The van der Waals surface area contributed by atoms with Gasteiger partial charge in [-0.25, -0.2) is 4.79 Å². The third kappa shape index (κ3) is 0.903. The normalized spacial score (nSPS) is 14.3. The van der Waals surface area contributed by atoms with Crippen molar-refractivity contribution < 1.29 is 23.8 Å². The molecule has 0 atom stereocenters. The third-order valence-corrected chi connectivity index (χ3v) is 1.50. The lowest BCUT2D eigenvalue weighted by molar-refractivity contribution is 0.0653. The molecule has 1 N–H and O–H groups in total. The molecule has 0 unspecified atom stereocenters. The summed E-state index contributed by atoms with van der Waals surface area (Å²) in [7, 11) is 0. The first-order valence-corrected chi connectivity index (χ1v) is 3.39. The monoisotopic (exact) mass is 170 g/mol. The Kier molecular flexibility index (Phi) is 1.43. The van der Waals surface area contributed by atoms with E-state index in [4.69, 9.17) is 19.0 Å². The van der Waals surface area contributed by atoms with Crippen molar-refractivity contribution in [3.8, 4) is 11.5 Å². The smallest absolute Gasteiger partial charge is 0.375 e. The molecule has 0 aromatic carbocycles. The van der Waals surface area contributed by atoms with Crippen molar-refractivity contribution in [1.29, 1.82) is 0 Å². The van der Waals surface area contributed by atoms with E-state index in [0.717, 1.165) is 0 Å². The van der Waals surface area contributed by atoms with E-state index in [1.54, 1.807) is 0 Å². The number of carboxylic acids is 1. The van der Waals surface area contributed by atoms with Crippen molar-refractivity contribution in [3.63, 3.8) is 0 Å². The van der Waals surface area contributed by atoms with Crippen LogP contribution in [0.1, 0.15) is 10.6 Å². The Morgan fingerprint density at radius 2 is 2.17 bits per heavy atom. The summed E-state index contributed by atoms with van der Waals surface area (Å²) in [5.41, 5.74) is 0. The van der Waals surface area contributed by atoms with Crippen LogP contribution in [-0.4, -0.2) is 24.3 Å². The van der Waals surface area contributed by atoms with Gasteiger partial charge in [0.15, 0.2) is 0 Å². The first-order valence-electron chi connectivity index (χ1n) is 3.39. The highest BCUT2D eigenvalue weighted by atomic mass is 16.6. The Morgan fingerprint density at radius 1 is 1.42 bits per heavy atom. The minimum Gasteiger partial charge on any atom is -0.483 e. The quantitative estimate of drug-likeness (QED) is 0.673. The van der Waals surface area contributed by atoms with Crippen molar-refractivity contribution in [3.05, 3.63) is 12.0 Å². The molecule has 64 valence electrons. The van der Waals surface area contributed by atoms with E-state index in [2.05, 4.69) is 0 Å². The van der Waals surface area contributed by atoms with Crippen molar-refractivity contribution in [2.75, 3.05) is 13.2 Å². The number of hydrogen-bond acceptors (Lipinski definition) is 4. The van der Waals surface area contributed by atoms with Crippen LogP contribution in [0, 0.1) is 0 Å². The molecule has 0 saturated heterocycles. The van der Waals surface area contributed by atoms with Gasteiger partial charge in [0.05, 0.1) is 0 Å². The summed E-state index contributed by atoms with van der Waals surface area (Å²) in [6.45, 7) is 0.776. The second kappa shape index (κ2) is 2.44. The lowest BCUT2D eigenvalue weighted by Crippen LogP contribution is -2.15. The minimum absolute atomic E-state index is 0.189. The third-order valence-electron chi connectivity index (χ3n) is 1.50. The van der Waals surface area contributed by atoms with Gasteiger partial charge in [0.25, 0.3) is 5.76 Å². The van der Waals surface area contributed by atoms with Gasteiger partial charge in [-0.1, -0.05) is 0 Å². The lowest BCUT2D eigenvalue weighted by Gasteiger charge is -2.13. The van der Waals surface area contributed by atoms with Crippen molar-refractivity contribution >= 4 is 5.97 Å². The maximum Gasteiger partial charge on any atom is 0.375 e. The van der Waals surface area contributed by atoms with E-state index in [1.165, 1.54) is 6.26 Å². The number of fused-ring (bicyclic) bond motifs is 1. The fourth-order valence-corrected chi connectivity index (χ4v) is 1.01. The number of aromatic carboxylic acids is 1. The summed E-state index contributed by atoms with van der Waals surface area (Å²) in [6.07, 6.45) is 1.23. The predicted molar refractivity (Wildman–Crippen MR) is 36.7 cm³/mol. The van der Waals surface area contributed by atoms with E-state index in [0.29, 0.717) is 19.0 Å². The molecule has 0 radical (unpaired) electrons. The largest absolute Gasteiger partial charge is 0.483 e. The molecule has 1 aromatic heterocycles. The Bertz CT molecular complexity index is 314. The summed E-state index contributed by atoms with van der Waals surface area (Å²) >= 11 is 0. The van der Waals surface area contributed by atoms with Crippen LogP contribution in [0.25, 0.3) is 0 Å². The van der Waals surface area contributed by atoms with Gasteiger partial charge in [-0.3, -0.25) is 0 Å². The Morgan fingerprint density at radius 3 is 2.92 bits per heavy atom. The molecular formula is C7H6O5. The molecule has 5 heteroatoms. The van der Waals surface area contributed by atoms with Gasteiger partial charge in [0.1, 0.15) is 19.5 Å². The Hall–Kier alpha value is -1.65. The van der Waals surface area contributed by atoms with Crippen molar-refractivity contribution in [2.45, 2.75) is 0 Å². The number of hydrogen-bond donors (Lipinski definition) is 1. The van der Waals surface area contributed by atoms with Crippen LogP contribution in [0.2, 0.25) is 0 Å². The minimum atomic E-state index is -1.15. The molecule has 0 aliphatic carbocycles. The molecular weight excluding hydrogens is 164 g/mol. The number of rotatable bonds is 1. The Balaban J connectivity index is 2.44. The zero-order chi connectivity index (χ0) is 8.55. The fourth-order valence-electron chi connectivity index (χ4n) is 1.01. The van der Waals surface area contributed by atoms with E-state index >= 15 is 0 Å². The molecule has 2 rings (SSSR count). The first-order chi connectivity index (χ1) is 5.79. The second-order valence-electron chi connectivity index (χ2n) is 2.26. The van der Waals surface area contributed by atoms with Gasteiger partial charge in [-0.05, 0) is 0 Å². The zero-order valence-corrected chi connectivity index (χ0v) is 6.07. The highest BCUT2D eigenvalue weighted by Gasteiger charge is 2.24. The second-order valence-corrected chi connectivity index (χ2v) is 2.26. The molecule has 1 aliphatic heterocycles. The molecule has 5 nitrogen and oxygen atoms in total. The molecule has 0 bridgehead atoms. The number of carbonyl (C=O) groups is 1. The first kappa shape index (κ1) is 7.02. The highest BCUT2D eigenvalue weighted by molar-refractivity contribution is 5.88. The van der Waals surface area contributed by atoms with Crippen LogP contribution in [-0.2, 0) is 0 Å². The lowest BCUT2D eigenvalue weighted by atomic mass is 10.4. The zero-order valence-electron chi connectivity index (χ0n) is 6.07. The molecule has 1 aliphatic rings. The van der Waals surface area contributed by atoms with E-state index in [9.17, 15) is 4.79 Å². The average Bonchev–Trinajstić information content (AvgIpc) is 2.47. The maximum atomic E-state index is 10.5. The van der Waals surface area contributed by atoms with Crippen LogP contribution >= 0.6 is 0 Å². The van der Waals surface area contributed by atoms with Crippen LogP contribution in [0.3, 0.4) is 0 Å². The number of ether oxygens (including phenoxy) is 2. The average molecular weight is 170 g/mol. The summed E-state index contributed by atoms with van der Waals surface area (Å²) < 4.78 is 14.9. The molecule has 2 heterocycles. The predicted octanol–water partition coefficient (Wildman–Crippen LogP) is 0.749. The topological polar surface area (TPSA) is 68.9 Å². The summed E-state index contributed by atoms with van der Waals surface area (Å²) in [5, 5.41) is 8.60. The van der Waals surface area contributed by atoms with Gasteiger partial charge in [0, 0.05) is 0 Å². The van der Waals surface area contributed by atoms with Crippen LogP contribution in [0.15, 0.2) is 10.7 Å². The van der Waals surface area contributed by atoms with Gasteiger partial charge in [-0.15, -0.1) is 0 Å². The van der Waals surface area contributed by atoms with Gasteiger partial charge < -0.3 is 19.0 Å². The maximum absolute atomic E-state index is 10.5. The SMILES string of the molecule is O=C(O)c1occ2c1OCCO2. The molecule has 0 amide bonds. The van der Waals surface area contributed by atoms with Crippen molar-refractivity contribution in [1.82, 2.24) is 0 Å². The van der Waals surface area contributed by atoms with E-state index < -0.39 is 5.97 Å². The van der Waals surface area contributed by atoms with Gasteiger partial charge in [-0.2, -0.15) is 0 Å². The number of furan rings is 1. The van der Waals surface area contributed by atoms with Gasteiger partial charge in [0.2, 0.25) is 11.5 Å². The van der Waals surface area contributed by atoms with E-state index in [1.807, 2.05) is 0 Å².